The van der Waals surface area contributed by atoms with E-state index in [0.717, 1.165) is 5.56 Å². The van der Waals surface area contributed by atoms with Crippen LogP contribution in [0.4, 0.5) is 0 Å². The van der Waals surface area contributed by atoms with Gasteiger partial charge in [-0.15, -0.1) is 0 Å². The van der Waals surface area contributed by atoms with E-state index in [1.807, 2.05) is 13.0 Å². The second-order valence-corrected chi connectivity index (χ2v) is 9.34. The number of nitrogens with zero attached hydrogens (tertiary/aromatic N) is 1. The van der Waals surface area contributed by atoms with Gasteiger partial charge in [0.1, 0.15) is 5.75 Å². The first-order valence-electron chi connectivity index (χ1n) is 9.82. The summed E-state index contributed by atoms with van der Waals surface area (Å²) in [5.41, 5.74) is 1.24. The van der Waals surface area contributed by atoms with Gasteiger partial charge in [-0.2, -0.15) is 0 Å². The predicted octanol–water partition coefficient (Wildman–Crippen LogP) is 2.93. The summed E-state index contributed by atoms with van der Waals surface area (Å²) in [5.74, 6) is 1.42. The molecular formula is C22H27NO6S. The largest absolute Gasteiger partial charge is 0.493 e. The zero-order valence-corrected chi connectivity index (χ0v) is 18.3. The van der Waals surface area contributed by atoms with E-state index in [-0.39, 0.29) is 24.0 Å². The molecule has 1 heterocycles. The lowest BCUT2D eigenvalue weighted by Gasteiger charge is -2.29. The van der Waals surface area contributed by atoms with Crippen molar-refractivity contribution in [3.8, 4) is 17.2 Å². The van der Waals surface area contributed by atoms with Gasteiger partial charge in [0.2, 0.25) is 0 Å². The van der Waals surface area contributed by atoms with E-state index in [1.165, 1.54) is 0 Å². The normalized spacial score (nSPS) is 17.4. The van der Waals surface area contributed by atoms with Crippen LogP contribution in [0.2, 0.25) is 0 Å². The number of hydrogen-bond donors (Lipinski definition) is 0. The molecule has 0 N–H and O–H groups in total. The lowest BCUT2D eigenvalue weighted by Crippen LogP contribution is -2.40. The van der Waals surface area contributed by atoms with Gasteiger partial charge in [0, 0.05) is 12.6 Å². The highest BCUT2D eigenvalue weighted by Crippen LogP contribution is 2.30. The fourth-order valence-corrected chi connectivity index (χ4v) is 5.37. The molecule has 2 aromatic rings. The Morgan fingerprint density at radius 3 is 2.43 bits per heavy atom. The van der Waals surface area contributed by atoms with Crippen molar-refractivity contribution in [1.82, 2.24) is 4.90 Å². The highest BCUT2D eigenvalue weighted by molar-refractivity contribution is 7.91. The van der Waals surface area contributed by atoms with Crippen LogP contribution in [0, 0.1) is 0 Å². The Kier molecular flexibility index (Phi) is 6.87. The summed E-state index contributed by atoms with van der Waals surface area (Å²) < 4.78 is 40.5. The Morgan fingerprint density at radius 2 is 1.80 bits per heavy atom. The summed E-state index contributed by atoms with van der Waals surface area (Å²) in [6.45, 7) is 2.53. The molecule has 0 spiro atoms. The first-order chi connectivity index (χ1) is 14.4. The molecule has 1 saturated heterocycles. The standard InChI is InChI=1S/C22H27NO6S/c1-4-29-19-8-6-5-7-18(19)22(24)23(17-11-12-30(25,26)15-17)14-16-9-10-20(27-2)21(13-16)28-3/h5-10,13,17H,4,11-12,14-15H2,1-3H3/t17-/m1/s1. The Morgan fingerprint density at radius 1 is 1.07 bits per heavy atom. The first-order valence-corrected chi connectivity index (χ1v) is 11.6. The first kappa shape index (κ1) is 22.0. The molecule has 0 aromatic heterocycles. The van der Waals surface area contributed by atoms with Crippen molar-refractivity contribution in [2.75, 3.05) is 32.3 Å². The van der Waals surface area contributed by atoms with E-state index < -0.39 is 15.9 Å². The SMILES string of the molecule is CCOc1ccccc1C(=O)N(Cc1ccc(OC)c(OC)c1)[C@@H]1CCS(=O)(=O)C1. The Labute approximate surface area is 177 Å². The summed E-state index contributed by atoms with van der Waals surface area (Å²) in [5, 5.41) is 0. The van der Waals surface area contributed by atoms with Gasteiger partial charge in [-0.05, 0) is 43.2 Å². The number of rotatable bonds is 8. The molecule has 1 aliphatic rings. The van der Waals surface area contributed by atoms with E-state index >= 15 is 0 Å². The molecule has 1 atom stereocenters. The van der Waals surface area contributed by atoms with Gasteiger partial charge in [0.15, 0.2) is 21.3 Å². The Hall–Kier alpha value is -2.74. The Bertz CT molecular complexity index is 1000. The van der Waals surface area contributed by atoms with Crippen molar-refractivity contribution in [2.24, 2.45) is 0 Å². The van der Waals surface area contributed by atoms with Crippen LogP contribution in [-0.2, 0) is 16.4 Å². The zero-order valence-electron chi connectivity index (χ0n) is 17.5. The summed E-state index contributed by atoms with van der Waals surface area (Å²) in [6.07, 6.45) is 0.415. The smallest absolute Gasteiger partial charge is 0.258 e. The zero-order chi connectivity index (χ0) is 21.7. The number of methoxy groups -OCH3 is 2. The van der Waals surface area contributed by atoms with Crippen LogP contribution < -0.4 is 14.2 Å². The van der Waals surface area contributed by atoms with Crippen LogP contribution in [0.15, 0.2) is 42.5 Å². The summed E-state index contributed by atoms with van der Waals surface area (Å²) in [4.78, 5) is 15.1. The lowest BCUT2D eigenvalue weighted by molar-refractivity contribution is 0.0676. The molecule has 0 unspecified atom stereocenters. The minimum Gasteiger partial charge on any atom is -0.493 e. The van der Waals surface area contributed by atoms with Crippen molar-refractivity contribution >= 4 is 15.7 Å². The maximum absolute atomic E-state index is 13.5. The van der Waals surface area contributed by atoms with Gasteiger partial charge < -0.3 is 19.1 Å². The molecule has 0 bridgehead atoms. The molecule has 7 nitrogen and oxygen atoms in total. The number of sulfone groups is 1. The number of carbonyl (C=O) groups excluding carboxylic acids is 1. The fraction of sp³-hybridized carbons (Fsp3) is 0.409. The molecule has 0 saturated carbocycles. The highest BCUT2D eigenvalue weighted by Gasteiger charge is 2.36. The van der Waals surface area contributed by atoms with Gasteiger partial charge >= 0.3 is 0 Å². The third-order valence-electron chi connectivity index (χ3n) is 5.13. The molecule has 3 rings (SSSR count). The fourth-order valence-electron chi connectivity index (χ4n) is 3.64. The average molecular weight is 434 g/mol. The molecule has 1 amide bonds. The average Bonchev–Trinajstić information content (AvgIpc) is 3.11. The molecule has 30 heavy (non-hydrogen) atoms. The quantitative estimate of drug-likeness (QED) is 0.637. The third-order valence-corrected chi connectivity index (χ3v) is 6.88. The summed E-state index contributed by atoms with van der Waals surface area (Å²) in [6, 6.07) is 12.1. The lowest BCUT2D eigenvalue weighted by atomic mass is 10.1. The van der Waals surface area contributed by atoms with Crippen molar-refractivity contribution in [3.05, 3.63) is 53.6 Å². The number of ether oxygens (including phenoxy) is 3. The van der Waals surface area contributed by atoms with E-state index in [2.05, 4.69) is 0 Å². The van der Waals surface area contributed by atoms with Gasteiger partial charge in [0.25, 0.3) is 5.91 Å². The predicted molar refractivity (Wildman–Crippen MR) is 114 cm³/mol. The number of amides is 1. The number of benzene rings is 2. The van der Waals surface area contributed by atoms with Crippen LogP contribution in [0.5, 0.6) is 17.2 Å². The van der Waals surface area contributed by atoms with E-state index in [0.29, 0.717) is 35.8 Å². The van der Waals surface area contributed by atoms with Crippen LogP contribution in [0.1, 0.15) is 29.3 Å². The van der Waals surface area contributed by atoms with E-state index in [1.54, 1.807) is 55.5 Å². The topological polar surface area (TPSA) is 82.1 Å². The van der Waals surface area contributed by atoms with Crippen LogP contribution in [-0.4, -0.2) is 57.6 Å². The van der Waals surface area contributed by atoms with Gasteiger partial charge in [-0.3, -0.25) is 4.79 Å². The van der Waals surface area contributed by atoms with Crippen LogP contribution in [0.3, 0.4) is 0 Å². The van der Waals surface area contributed by atoms with Crippen molar-refractivity contribution in [1.29, 1.82) is 0 Å². The van der Waals surface area contributed by atoms with Gasteiger partial charge in [0.05, 0.1) is 37.9 Å². The molecule has 162 valence electrons. The third kappa shape index (κ3) is 4.87. The number of carbonyl (C=O) groups is 1. The molecular weight excluding hydrogens is 406 g/mol. The number of hydrogen-bond acceptors (Lipinski definition) is 6. The highest BCUT2D eigenvalue weighted by atomic mass is 32.2. The van der Waals surface area contributed by atoms with Crippen LogP contribution in [0.25, 0.3) is 0 Å². The minimum atomic E-state index is -3.16. The van der Waals surface area contributed by atoms with E-state index in [9.17, 15) is 13.2 Å². The number of para-hydroxylation sites is 1. The van der Waals surface area contributed by atoms with Gasteiger partial charge in [-0.1, -0.05) is 18.2 Å². The molecule has 0 aliphatic carbocycles. The molecule has 1 aliphatic heterocycles. The van der Waals surface area contributed by atoms with Crippen LogP contribution >= 0.6 is 0 Å². The minimum absolute atomic E-state index is 0.0389. The van der Waals surface area contributed by atoms with Gasteiger partial charge in [-0.25, -0.2) is 8.42 Å². The van der Waals surface area contributed by atoms with E-state index in [4.69, 9.17) is 14.2 Å². The summed E-state index contributed by atoms with van der Waals surface area (Å²) >= 11 is 0. The second-order valence-electron chi connectivity index (χ2n) is 7.11. The molecule has 0 radical (unpaired) electrons. The van der Waals surface area contributed by atoms with Crippen molar-refractivity contribution < 1.29 is 27.4 Å². The maximum atomic E-state index is 13.5. The molecule has 8 heteroatoms. The summed E-state index contributed by atoms with van der Waals surface area (Å²) in [7, 11) is -0.0571. The second kappa shape index (κ2) is 9.38. The molecule has 1 fully saturated rings. The monoisotopic (exact) mass is 433 g/mol. The molecule has 2 aromatic carbocycles. The Balaban J connectivity index is 1.97. The van der Waals surface area contributed by atoms with Crippen molar-refractivity contribution in [2.45, 2.75) is 25.9 Å². The van der Waals surface area contributed by atoms with Crippen molar-refractivity contribution in [3.63, 3.8) is 0 Å². The maximum Gasteiger partial charge on any atom is 0.258 e.